The Hall–Kier alpha value is -0.120. The van der Waals surface area contributed by atoms with E-state index in [2.05, 4.69) is 24.5 Å². The number of methoxy groups -OCH3 is 1. The van der Waals surface area contributed by atoms with Crippen LogP contribution in [0.3, 0.4) is 0 Å². The van der Waals surface area contributed by atoms with Crippen LogP contribution < -0.4 is 10.6 Å². The van der Waals surface area contributed by atoms with Gasteiger partial charge < -0.3 is 15.4 Å². The average Bonchev–Trinajstić information content (AvgIpc) is 2.67. The standard InChI is InChI=1S/C11H24N2O/c1-4-11(5-6-12-8-11)9-13-7-10(2)14-3/h10,12-13H,4-9H2,1-3H3. The van der Waals surface area contributed by atoms with E-state index in [1.807, 2.05) is 0 Å². The molecule has 2 unspecified atom stereocenters. The maximum absolute atomic E-state index is 5.20. The Morgan fingerprint density at radius 3 is 2.86 bits per heavy atom. The van der Waals surface area contributed by atoms with Gasteiger partial charge in [0.2, 0.25) is 0 Å². The fourth-order valence-electron chi connectivity index (χ4n) is 2.00. The summed E-state index contributed by atoms with van der Waals surface area (Å²) in [6.45, 7) is 8.79. The van der Waals surface area contributed by atoms with Crippen molar-refractivity contribution in [3.05, 3.63) is 0 Å². The van der Waals surface area contributed by atoms with Gasteiger partial charge in [0.1, 0.15) is 0 Å². The predicted octanol–water partition coefficient (Wildman–Crippen LogP) is 1.00. The first-order valence-corrected chi connectivity index (χ1v) is 5.67. The molecule has 0 aromatic rings. The van der Waals surface area contributed by atoms with E-state index in [4.69, 9.17) is 4.74 Å². The minimum atomic E-state index is 0.318. The fourth-order valence-corrected chi connectivity index (χ4v) is 2.00. The summed E-state index contributed by atoms with van der Waals surface area (Å²) in [6.07, 6.45) is 2.88. The van der Waals surface area contributed by atoms with Gasteiger partial charge in [-0.1, -0.05) is 6.92 Å². The van der Waals surface area contributed by atoms with Gasteiger partial charge in [0.15, 0.2) is 0 Å². The molecule has 0 amide bonds. The monoisotopic (exact) mass is 200 g/mol. The maximum atomic E-state index is 5.20. The number of ether oxygens (including phenoxy) is 1. The third-order valence-electron chi connectivity index (χ3n) is 3.42. The first kappa shape index (κ1) is 12.0. The summed E-state index contributed by atoms with van der Waals surface area (Å²) < 4.78 is 5.20. The van der Waals surface area contributed by atoms with Gasteiger partial charge >= 0.3 is 0 Å². The van der Waals surface area contributed by atoms with Gasteiger partial charge in [-0.05, 0) is 31.7 Å². The van der Waals surface area contributed by atoms with Crippen LogP contribution in [0, 0.1) is 5.41 Å². The van der Waals surface area contributed by atoms with Crippen LogP contribution in [0.4, 0.5) is 0 Å². The maximum Gasteiger partial charge on any atom is 0.0667 e. The SMILES string of the molecule is CCC1(CNCC(C)OC)CCNC1. The van der Waals surface area contributed by atoms with E-state index >= 15 is 0 Å². The van der Waals surface area contributed by atoms with Gasteiger partial charge in [-0.2, -0.15) is 0 Å². The van der Waals surface area contributed by atoms with Crippen LogP contribution in [-0.4, -0.2) is 39.4 Å². The van der Waals surface area contributed by atoms with Gasteiger partial charge in [-0.15, -0.1) is 0 Å². The first-order chi connectivity index (χ1) is 6.72. The second kappa shape index (κ2) is 5.69. The van der Waals surface area contributed by atoms with Gasteiger partial charge in [-0.25, -0.2) is 0 Å². The highest BCUT2D eigenvalue weighted by molar-refractivity contribution is 4.88. The van der Waals surface area contributed by atoms with E-state index < -0.39 is 0 Å². The second-order valence-corrected chi connectivity index (χ2v) is 4.46. The summed E-state index contributed by atoms with van der Waals surface area (Å²) in [6, 6.07) is 0. The molecule has 0 aromatic carbocycles. The molecule has 0 spiro atoms. The van der Waals surface area contributed by atoms with Gasteiger partial charge in [0.25, 0.3) is 0 Å². The molecule has 1 rings (SSSR count). The van der Waals surface area contributed by atoms with E-state index in [1.54, 1.807) is 7.11 Å². The van der Waals surface area contributed by atoms with E-state index in [0.29, 0.717) is 11.5 Å². The zero-order valence-corrected chi connectivity index (χ0v) is 9.73. The smallest absolute Gasteiger partial charge is 0.0667 e. The molecule has 1 fully saturated rings. The van der Waals surface area contributed by atoms with Crippen molar-refractivity contribution in [3.8, 4) is 0 Å². The van der Waals surface area contributed by atoms with E-state index in [9.17, 15) is 0 Å². The molecule has 14 heavy (non-hydrogen) atoms. The number of rotatable bonds is 6. The van der Waals surface area contributed by atoms with Crippen LogP contribution >= 0.6 is 0 Å². The summed E-state index contributed by atoms with van der Waals surface area (Å²) in [7, 11) is 1.76. The molecule has 0 aliphatic carbocycles. The largest absolute Gasteiger partial charge is 0.380 e. The van der Waals surface area contributed by atoms with E-state index in [-0.39, 0.29) is 0 Å². The molecule has 0 radical (unpaired) electrons. The van der Waals surface area contributed by atoms with Gasteiger partial charge in [-0.3, -0.25) is 0 Å². The summed E-state index contributed by atoms with van der Waals surface area (Å²) in [5, 5.41) is 6.95. The van der Waals surface area contributed by atoms with Crippen molar-refractivity contribution >= 4 is 0 Å². The summed E-state index contributed by atoms with van der Waals surface area (Å²) in [5.74, 6) is 0. The summed E-state index contributed by atoms with van der Waals surface area (Å²) >= 11 is 0. The molecule has 84 valence electrons. The van der Waals surface area contributed by atoms with E-state index in [0.717, 1.165) is 19.6 Å². The lowest BCUT2D eigenvalue weighted by molar-refractivity contribution is 0.113. The molecule has 0 aromatic heterocycles. The normalized spacial score (nSPS) is 29.4. The zero-order chi connectivity index (χ0) is 10.4. The zero-order valence-electron chi connectivity index (χ0n) is 9.73. The molecule has 1 heterocycles. The van der Waals surface area contributed by atoms with Crippen LogP contribution in [0.5, 0.6) is 0 Å². The molecule has 2 N–H and O–H groups in total. The minimum Gasteiger partial charge on any atom is -0.380 e. The molecular weight excluding hydrogens is 176 g/mol. The molecular formula is C11H24N2O. The second-order valence-electron chi connectivity index (χ2n) is 4.46. The Labute approximate surface area is 87.6 Å². The Morgan fingerprint density at radius 1 is 1.57 bits per heavy atom. The summed E-state index contributed by atoms with van der Waals surface area (Å²) in [4.78, 5) is 0. The average molecular weight is 200 g/mol. The highest BCUT2D eigenvalue weighted by Crippen LogP contribution is 2.28. The third-order valence-corrected chi connectivity index (χ3v) is 3.42. The van der Waals surface area contributed by atoms with Crippen LogP contribution in [0.1, 0.15) is 26.7 Å². The van der Waals surface area contributed by atoms with Crippen molar-refractivity contribution in [1.82, 2.24) is 10.6 Å². The Kier molecular flexibility index (Phi) is 4.85. The highest BCUT2D eigenvalue weighted by atomic mass is 16.5. The van der Waals surface area contributed by atoms with E-state index in [1.165, 1.54) is 19.4 Å². The third kappa shape index (κ3) is 3.23. The van der Waals surface area contributed by atoms with Crippen molar-refractivity contribution in [3.63, 3.8) is 0 Å². The molecule has 1 saturated heterocycles. The molecule has 1 aliphatic heterocycles. The molecule has 0 bridgehead atoms. The van der Waals surface area contributed by atoms with Crippen molar-refractivity contribution < 1.29 is 4.74 Å². The molecule has 1 aliphatic rings. The van der Waals surface area contributed by atoms with Crippen LogP contribution in [-0.2, 0) is 4.74 Å². The van der Waals surface area contributed by atoms with Crippen LogP contribution in [0.15, 0.2) is 0 Å². The number of hydrogen-bond acceptors (Lipinski definition) is 3. The Morgan fingerprint density at radius 2 is 2.36 bits per heavy atom. The number of nitrogens with one attached hydrogen (secondary N) is 2. The van der Waals surface area contributed by atoms with Gasteiger partial charge in [0, 0.05) is 26.7 Å². The lowest BCUT2D eigenvalue weighted by atomic mass is 9.84. The molecule has 3 nitrogen and oxygen atoms in total. The van der Waals surface area contributed by atoms with Crippen molar-refractivity contribution in [1.29, 1.82) is 0 Å². The van der Waals surface area contributed by atoms with Crippen LogP contribution in [0.2, 0.25) is 0 Å². The van der Waals surface area contributed by atoms with Crippen molar-refractivity contribution in [2.45, 2.75) is 32.8 Å². The van der Waals surface area contributed by atoms with Crippen LogP contribution in [0.25, 0.3) is 0 Å². The lowest BCUT2D eigenvalue weighted by Crippen LogP contribution is -2.38. The number of hydrogen-bond donors (Lipinski definition) is 2. The Balaban J connectivity index is 2.21. The molecule has 0 saturated carbocycles. The molecule has 2 atom stereocenters. The highest BCUT2D eigenvalue weighted by Gasteiger charge is 2.31. The quantitative estimate of drug-likeness (QED) is 0.671. The predicted molar refractivity (Wildman–Crippen MR) is 59.6 cm³/mol. The minimum absolute atomic E-state index is 0.318. The van der Waals surface area contributed by atoms with Gasteiger partial charge in [0.05, 0.1) is 6.10 Å². The first-order valence-electron chi connectivity index (χ1n) is 5.67. The Bertz CT molecular complexity index is 155. The van der Waals surface area contributed by atoms with Crippen molar-refractivity contribution in [2.24, 2.45) is 5.41 Å². The molecule has 3 heteroatoms. The van der Waals surface area contributed by atoms with Crippen molar-refractivity contribution in [2.75, 3.05) is 33.3 Å². The topological polar surface area (TPSA) is 33.3 Å². The fraction of sp³-hybridized carbons (Fsp3) is 1.00. The lowest BCUT2D eigenvalue weighted by Gasteiger charge is -2.27. The summed E-state index contributed by atoms with van der Waals surface area (Å²) in [5.41, 5.74) is 0.494.